The Labute approximate surface area is 103 Å². The van der Waals surface area contributed by atoms with Crippen LogP contribution in [0.1, 0.15) is 32.6 Å². The number of amides is 1. The lowest BCUT2D eigenvalue weighted by Crippen LogP contribution is -2.32. The number of carbonyl (C=O) groups is 2. The number of hydrogen-bond acceptors (Lipinski definition) is 6. The maximum absolute atomic E-state index is 11.3. The fourth-order valence-corrected chi connectivity index (χ4v) is 1.02. The normalized spacial score (nSPS) is 11.1. The van der Waals surface area contributed by atoms with Gasteiger partial charge in [0.2, 0.25) is 11.8 Å². The van der Waals surface area contributed by atoms with E-state index in [2.05, 4.69) is 15.5 Å². The summed E-state index contributed by atoms with van der Waals surface area (Å²) in [7, 11) is 0. The number of rotatable bonds is 4. The van der Waals surface area contributed by atoms with Gasteiger partial charge in [-0.05, 0) is 20.8 Å². The van der Waals surface area contributed by atoms with Gasteiger partial charge >= 0.3 is 12.1 Å². The first-order chi connectivity index (χ1) is 8.26. The van der Waals surface area contributed by atoms with Crippen LogP contribution in [0.3, 0.4) is 0 Å². The fourth-order valence-electron chi connectivity index (χ4n) is 1.02. The van der Waals surface area contributed by atoms with Gasteiger partial charge in [-0.25, -0.2) is 4.79 Å². The Balaban J connectivity index is 2.42. The van der Waals surface area contributed by atoms with E-state index in [-0.39, 0.29) is 24.7 Å². The molecule has 0 spiro atoms. The molecule has 100 valence electrons. The van der Waals surface area contributed by atoms with Crippen molar-refractivity contribution in [1.29, 1.82) is 0 Å². The van der Waals surface area contributed by atoms with Crippen LogP contribution in [0.25, 0.3) is 0 Å². The number of carboxylic acid groups (broad SMARTS) is 1. The molecule has 0 saturated carbocycles. The van der Waals surface area contributed by atoms with Crippen LogP contribution in [-0.4, -0.2) is 33.0 Å². The van der Waals surface area contributed by atoms with E-state index in [0.717, 1.165) is 0 Å². The summed E-state index contributed by atoms with van der Waals surface area (Å²) in [5.41, 5.74) is -0.590. The molecule has 1 amide bonds. The van der Waals surface area contributed by atoms with E-state index in [1.807, 2.05) is 0 Å². The molecule has 0 aliphatic heterocycles. The minimum atomic E-state index is -1.06. The highest BCUT2D eigenvalue weighted by Gasteiger charge is 2.17. The van der Waals surface area contributed by atoms with Crippen molar-refractivity contribution >= 4 is 12.1 Å². The second-order valence-electron chi connectivity index (χ2n) is 4.52. The smallest absolute Gasteiger partial charge is 0.408 e. The highest BCUT2D eigenvalue weighted by atomic mass is 16.6. The third-order valence-electron chi connectivity index (χ3n) is 1.59. The zero-order valence-electron chi connectivity index (χ0n) is 10.4. The van der Waals surface area contributed by atoms with Gasteiger partial charge in [0.25, 0.3) is 0 Å². The van der Waals surface area contributed by atoms with Gasteiger partial charge in [0.15, 0.2) is 0 Å². The van der Waals surface area contributed by atoms with Gasteiger partial charge in [-0.3, -0.25) is 4.79 Å². The van der Waals surface area contributed by atoms with Gasteiger partial charge in [0.1, 0.15) is 12.0 Å². The molecule has 0 aromatic carbocycles. The number of hydrogen-bond donors (Lipinski definition) is 2. The number of carboxylic acids is 1. The molecule has 0 unspecified atom stereocenters. The number of alkyl carbamates (subject to hydrolysis) is 1. The summed E-state index contributed by atoms with van der Waals surface area (Å²) < 4.78 is 10.00. The summed E-state index contributed by atoms with van der Waals surface area (Å²) in [5.74, 6) is -0.953. The predicted octanol–water partition coefficient (Wildman–Crippen LogP) is 0.721. The van der Waals surface area contributed by atoms with E-state index in [1.54, 1.807) is 20.8 Å². The highest BCUT2D eigenvalue weighted by Crippen LogP contribution is 2.07. The van der Waals surface area contributed by atoms with Gasteiger partial charge in [-0.1, -0.05) is 0 Å². The van der Waals surface area contributed by atoms with Crippen molar-refractivity contribution in [2.45, 2.75) is 39.3 Å². The van der Waals surface area contributed by atoms with E-state index < -0.39 is 17.7 Å². The lowest BCUT2D eigenvalue weighted by atomic mass is 10.2. The zero-order valence-corrected chi connectivity index (χ0v) is 10.4. The maximum Gasteiger partial charge on any atom is 0.408 e. The molecule has 1 aromatic heterocycles. The highest BCUT2D eigenvalue weighted by molar-refractivity contribution is 5.68. The monoisotopic (exact) mass is 257 g/mol. The van der Waals surface area contributed by atoms with Gasteiger partial charge < -0.3 is 19.6 Å². The molecule has 0 aliphatic carbocycles. The van der Waals surface area contributed by atoms with Crippen molar-refractivity contribution in [3.8, 4) is 0 Å². The Morgan fingerprint density at radius 1 is 1.33 bits per heavy atom. The largest absolute Gasteiger partial charge is 0.481 e. The molecule has 0 fully saturated rings. The first-order valence-corrected chi connectivity index (χ1v) is 5.26. The van der Waals surface area contributed by atoms with Crippen LogP contribution in [0.2, 0.25) is 0 Å². The van der Waals surface area contributed by atoms with Crippen LogP contribution in [0.15, 0.2) is 4.42 Å². The van der Waals surface area contributed by atoms with Gasteiger partial charge in [-0.2, -0.15) is 0 Å². The molecule has 0 atom stereocenters. The summed E-state index contributed by atoms with van der Waals surface area (Å²) in [4.78, 5) is 21.7. The van der Waals surface area contributed by atoms with E-state index in [0.29, 0.717) is 0 Å². The summed E-state index contributed by atoms with van der Waals surface area (Å²) in [6, 6.07) is 0. The number of nitrogens with one attached hydrogen (secondary N) is 1. The SMILES string of the molecule is CC(C)(C)OC(=O)NCc1nnc(CC(=O)O)o1. The summed E-state index contributed by atoms with van der Waals surface area (Å²) >= 11 is 0. The number of ether oxygens (including phenoxy) is 1. The first-order valence-electron chi connectivity index (χ1n) is 5.26. The van der Waals surface area contributed by atoms with Gasteiger partial charge in [0.05, 0.1) is 6.54 Å². The van der Waals surface area contributed by atoms with Crippen molar-refractivity contribution < 1.29 is 23.8 Å². The molecule has 8 heteroatoms. The summed E-state index contributed by atoms with van der Waals surface area (Å²) in [5, 5.41) is 18.0. The number of aromatic nitrogens is 2. The van der Waals surface area contributed by atoms with Crippen molar-refractivity contribution in [3.63, 3.8) is 0 Å². The second-order valence-corrected chi connectivity index (χ2v) is 4.52. The Hall–Kier alpha value is -2.12. The van der Waals surface area contributed by atoms with Crippen molar-refractivity contribution in [3.05, 3.63) is 11.8 Å². The average Bonchev–Trinajstić information content (AvgIpc) is 2.59. The standard InChI is InChI=1S/C10H15N3O5/c1-10(2,3)18-9(16)11-5-7-13-12-6(17-7)4-8(14)15/h4-5H2,1-3H3,(H,11,16)(H,14,15). The van der Waals surface area contributed by atoms with Crippen molar-refractivity contribution in [2.24, 2.45) is 0 Å². The Morgan fingerprint density at radius 3 is 2.50 bits per heavy atom. The van der Waals surface area contributed by atoms with E-state index >= 15 is 0 Å². The van der Waals surface area contributed by atoms with Gasteiger partial charge in [-0.15, -0.1) is 10.2 Å². The zero-order chi connectivity index (χ0) is 13.8. The minimum Gasteiger partial charge on any atom is -0.481 e. The second kappa shape index (κ2) is 5.48. The quantitative estimate of drug-likeness (QED) is 0.816. The summed E-state index contributed by atoms with van der Waals surface area (Å²) in [6.07, 6.45) is -0.958. The van der Waals surface area contributed by atoms with Gasteiger partial charge in [0, 0.05) is 0 Å². The Bertz CT molecular complexity index is 435. The van der Waals surface area contributed by atoms with E-state index in [9.17, 15) is 9.59 Å². The molecule has 0 radical (unpaired) electrons. The minimum absolute atomic E-state index is 0.0107. The molecular formula is C10H15N3O5. The lowest BCUT2D eigenvalue weighted by molar-refractivity contribution is -0.136. The molecule has 18 heavy (non-hydrogen) atoms. The maximum atomic E-state index is 11.3. The molecule has 0 aliphatic rings. The van der Waals surface area contributed by atoms with Crippen molar-refractivity contribution in [2.75, 3.05) is 0 Å². The van der Waals surface area contributed by atoms with Crippen LogP contribution < -0.4 is 5.32 Å². The molecule has 2 N–H and O–H groups in total. The first kappa shape index (κ1) is 13.9. The molecule has 0 saturated heterocycles. The van der Waals surface area contributed by atoms with E-state index in [4.69, 9.17) is 14.3 Å². The van der Waals surface area contributed by atoms with Crippen LogP contribution >= 0.6 is 0 Å². The number of aliphatic carboxylic acids is 1. The third-order valence-corrected chi connectivity index (χ3v) is 1.59. The molecule has 0 bridgehead atoms. The van der Waals surface area contributed by atoms with Crippen molar-refractivity contribution in [1.82, 2.24) is 15.5 Å². The molecule has 1 heterocycles. The van der Waals surface area contributed by atoms with Crippen LogP contribution in [0.4, 0.5) is 4.79 Å². The average molecular weight is 257 g/mol. The topological polar surface area (TPSA) is 115 Å². The molecule has 1 rings (SSSR count). The number of carbonyl (C=O) groups excluding carboxylic acids is 1. The number of nitrogens with zero attached hydrogens (tertiary/aromatic N) is 2. The molecule has 8 nitrogen and oxygen atoms in total. The Morgan fingerprint density at radius 2 is 1.94 bits per heavy atom. The fraction of sp³-hybridized carbons (Fsp3) is 0.600. The molecule has 1 aromatic rings. The van der Waals surface area contributed by atoms with Crippen LogP contribution in [0.5, 0.6) is 0 Å². The third kappa shape index (κ3) is 5.28. The van der Waals surface area contributed by atoms with Crippen LogP contribution in [0, 0.1) is 0 Å². The Kier molecular flexibility index (Phi) is 4.24. The summed E-state index contributed by atoms with van der Waals surface area (Å²) in [6.45, 7) is 5.21. The van der Waals surface area contributed by atoms with E-state index in [1.165, 1.54) is 0 Å². The predicted molar refractivity (Wildman–Crippen MR) is 58.7 cm³/mol. The van der Waals surface area contributed by atoms with Crippen LogP contribution in [-0.2, 0) is 22.5 Å². The lowest BCUT2D eigenvalue weighted by Gasteiger charge is -2.19. The molecular weight excluding hydrogens is 242 g/mol.